The molecule has 0 amide bonds. The number of benzene rings is 1. The van der Waals surface area contributed by atoms with Crippen molar-refractivity contribution in [1.82, 2.24) is 0 Å². The third kappa shape index (κ3) is 4.92. The minimum Gasteiger partial charge on any atom is -0.496 e. The zero-order valence-corrected chi connectivity index (χ0v) is 11.9. The molecule has 0 fully saturated rings. The average molecular weight is 248 g/mol. The minimum absolute atomic E-state index is 0.354. The third-order valence-electron chi connectivity index (χ3n) is 3.07. The van der Waals surface area contributed by atoms with Gasteiger partial charge >= 0.3 is 0 Å². The van der Waals surface area contributed by atoms with Crippen LogP contribution >= 0.6 is 0 Å². The molecular formula is C16H24O2. The van der Waals surface area contributed by atoms with Crippen LogP contribution in [0.25, 0.3) is 6.08 Å². The molecule has 1 aromatic carbocycles. The Morgan fingerprint density at radius 2 is 2.06 bits per heavy atom. The first-order chi connectivity index (χ1) is 8.67. The minimum atomic E-state index is 0.354. The van der Waals surface area contributed by atoms with Crippen molar-refractivity contribution in [1.29, 1.82) is 0 Å². The van der Waals surface area contributed by atoms with Gasteiger partial charge in [-0.1, -0.05) is 23.8 Å². The number of ether oxygens (including phenoxy) is 2. The van der Waals surface area contributed by atoms with Gasteiger partial charge in [0.25, 0.3) is 0 Å². The topological polar surface area (TPSA) is 18.5 Å². The van der Waals surface area contributed by atoms with Gasteiger partial charge in [0.2, 0.25) is 0 Å². The molecule has 0 aliphatic rings. The van der Waals surface area contributed by atoms with Crippen molar-refractivity contribution in [2.24, 2.45) is 0 Å². The summed E-state index contributed by atoms with van der Waals surface area (Å²) in [7, 11) is 3.47. The first kappa shape index (κ1) is 14.8. The summed E-state index contributed by atoms with van der Waals surface area (Å²) in [4.78, 5) is 0. The summed E-state index contributed by atoms with van der Waals surface area (Å²) < 4.78 is 10.6. The smallest absolute Gasteiger partial charge is 0.126 e. The van der Waals surface area contributed by atoms with Crippen LogP contribution in [0.1, 0.15) is 37.3 Å². The Bertz CT molecular complexity index is 383. The second-order valence-electron chi connectivity index (χ2n) is 4.62. The molecule has 2 nitrogen and oxygen atoms in total. The van der Waals surface area contributed by atoms with E-state index in [0.717, 1.165) is 30.6 Å². The van der Waals surface area contributed by atoms with E-state index in [1.54, 1.807) is 14.2 Å². The average Bonchev–Trinajstić information content (AvgIpc) is 2.38. The van der Waals surface area contributed by atoms with E-state index in [1.807, 2.05) is 6.07 Å². The lowest BCUT2D eigenvalue weighted by molar-refractivity contribution is 0.109. The molecular weight excluding hydrogens is 224 g/mol. The summed E-state index contributed by atoms with van der Waals surface area (Å²) in [6.45, 7) is 4.20. The summed E-state index contributed by atoms with van der Waals surface area (Å²) >= 11 is 0. The van der Waals surface area contributed by atoms with E-state index in [2.05, 4.69) is 38.1 Å². The maximum atomic E-state index is 5.34. The van der Waals surface area contributed by atoms with Gasteiger partial charge in [-0.15, -0.1) is 0 Å². The van der Waals surface area contributed by atoms with Crippen molar-refractivity contribution in [2.45, 2.75) is 39.2 Å². The summed E-state index contributed by atoms with van der Waals surface area (Å²) in [6.07, 6.45) is 8.03. The predicted octanol–water partition coefficient (Wildman–Crippen LogP) is 4.22. The highest BCUT2D eigenvalue weighted by atomic mass is 16.5. The lowest BCUT2D eigenvalue weighted by Crippen LogP contribution is -2.03. The van der Waals surface area contributed by atoms with Crippen LogP contribution in [0.5, 0.6) is 5.75 Å². The highest BCUT2D eigenvalue weighted by Crippen LogP contribution is 2.21. The van der Waals surface area contributed by atoms with Gasteiger partial charge in [-0.05, 0) is 45.2 Å². The quantitative estimate of drug-likeness (QED) is 0.672. The Labute approximate surface area is 111 Å². The number of unbranched alkanes of at least 4 members (excludes halogenated alkanes) is 1. The monoisotopic (exact) mass is 248 g/mol. The molecule has 1 aromatic rings. The largest absolute Gasteiger partial charge is 0.496 e. The lowest BCUT2D eigenvalue weighted by Gasteiger charge is -2.07. The molecule has 1 atom stereocenters. The summed E-state index contributed by atoms with van der Waals surface area (Å²) in [5, 5.41) is 0. The van der Waals surface area contributed by atoms with E-state index in [1.165, 1.54) is 5.56 Å². The predicted molar refractivity (Wildman–Crippen MR) is 77.1 cm³/mol. The van der Waals surface area contributed by atoms with E-state index in [9.17, 15) is 0 Å². The van der Waals surface area contributed by atoms with Crippen LogP contribution in [0, 0.1) is 6.92 Å². The first-order valence-corrected chi connectivity index (χ1v) is 6.51. The fourth-order valence-corrected chi connectivity index (χ4v) is 1.84. The molecule has 0 spiro atoms. The van der Waals surface area contributed by atoms with Gasteiger partial charge in [0.15, 0.2) is 0 Å². The number of rotatable bonds is 7. The van der Waals surface area contributed by atoms with Crippen molar-refractivity contribution in [3.05, 3.63) is 35.4 Å². The highest BCUT2D eigenvalue weighted by Gasteiger charge is 1.99. The van der Waals surface area contributed by atoms with E-state index in [4.69, 9.17) is 9.47 Å². The van der Waals surface area contributed by atoms with Crippen LogP contribution in [0.4, 0.5) is 0 Å². The number of hydrogen-bond donors (Lipinski definition) is 0. The maximum absolute atomic E-state index is 5.34. The van der Waals surface area contributed by atoms with E-state index >= 15 is 0 Å². The van der Waals surface area contributed by atoms with Crippen LogP contribution in [0.15, 0.2) is 24.3 Å². The fourth-order valence-electron chi connectivity index (χ4n) is 1.84. The zero-order chi connectivity index (χ0) is 13.4. The number of allylic oxidation sites excluding steroid dienone is 1. The molecule has 0 heterocycles. The van der Waals surface area contributed by atoms with Gasteiger partial charge in [0.1, 0.15) is 5.75 Å². The maximum Gasteiger partial charge on any atom is 0.126 e. The highest BCUT2D eigenvalue weighted by molar-refractivity contribution is 5.58. The van der Waals surface area contributed by atoms with Crippen LogP contribution in [-0.2, 0) is 4.74 Å². The number of hydrogen-bond acceptors (Lipinski definition) is 2. The van der Waals surface area contributed by atoms with Gasteiger partial charge in [-0.25, -0.2) is 0 Å². The molecule has 0 aromatic heterocycles. The Kier molecular flexibility index (Phi) is 6.51. The fraction of sp³-hybridized carbons (Fsp3) is 0.500. The van der Waals surface area contributed by atoms with Crippen LogP contribution < -0.4 is 4.74 Å². The molecule has 0 saturated carbocycles. The van der Waals surface area contributed by atoms with E-state index < -0.39 is 0 Å². The molecule has 1 rings (SSSR count). The molecule has 0 N–H and O–H groups in total. The Balaban J connectivity index is 2.48. The Morgan fingerprint density at radius 1 is 1.28 bits per heavy atom. The van der Waals surface area contributed by atoms with Crippen molar-refractivity contribution in [2.75, 3.05) is 14.2 Å². The van der Waals surface area contributed by atoms with Crippen molar-refractivity contribution >= 4 is 6.08 Å². The Morgan fingerprint density at radius 3 is 2.72 bits per heavy atom. The third-order valence-corrected chi connectivity index (χ3v) is 3.07. The molecule has 2 heteroatoms. The zero-order valence-electron chi connectivity index (χ0n) is 11.9. The number of aryl methyl sites for hydroxylation is 1. The van der Waals surface area contributed by atoms with Gasteiger partial charge in [0.05, 0.1) is 13.2 Å². The second kappa shape index (κ2) is 7.93. The lowest BCUT2D eigenvalue weighted by atomic mass is 10.1. The van der Waals surface area contributed by atoms with Gasteiger partial charge in [-0.2, -0.15) is 0 Å². The molecule has 0 aliphatic heterocycles. The van der Waals surface area contributed by atoms with Crippen LogP contribution in [0.3, 0.4) is 0 Å². The van der Waals surface area contributed by atoms with E-state index in [0.29, 0.717) is 6.10 Å². The van der Waals surface area contributed by atoms with Gasteiger partial charge in [0, 0.05) is 12.7 Å². The van der Waals surface area contributed by atoms with Crippen molar-refractivity contribution in [3.63, 3.8) is 0 Å². The normalized spacial score (nSPS) is 12.9. The molecule has 0 radical (unpaired) electrons. The van der Waals surface area contributed by atoms with Gasteiger partial charge < -0.3 is 9.47 Å². The SMILES string of the molecule is COc1ccc(C)cc1/C=C/CCC[C@H](C)OC. The number of methoxy groups -OCH3 is 2. The summed E-state index contributed by atoms with van der Waals surface area (Å²) in [6, 6.07) is 6.23. The van der Waals surface area contributed by atoms with Gasteiger partial charge in [-0.3, -0.25) is 0 Å². The summed E-state index contributed by atoms with van der Waals surface area (Å²) in [5.41, 5.74) is 2.40. The summed E-state index contributed by atoms with van der Waals surface area (Å²) in [5.74, 6) is 0.933. The second-order valence-corrected chi connectivity index (χ2v) is 4.62. The molecule has 100 valence electrons. The molecule has 0 aliphatic carbocycles. The molecule has 0 unspecified atom stereocenters. The standard InChI is InChI=1S/C16H24O2/c1-13-10-11-16(18-4)15(12-13)9-7-5-6-8-14(2)17-3/h7,9-12,14H,5-6,8H2,1-4H3/b9-7+/t14-/m0/s1. The first-order valence-electron chi connectivity index (χ1n) is 6.51. The molecule has 18 heavy (non-hydrogen) atoms. The molecule has 0 saturated heterocycles. The molecule has 0 bridgehead atoms. The van der Waals surface area contributed by atoms with Crippen LogP contribution in [0.2, 0.25) is 0 Å². The Hall–Kier alpha value is -1.28. The van der Waals surface area contributed by atoms with Crippen LogP contribution in [-0.4, -0.2) is 20.3 Å². The van der Waals surface area contributed by atoms with Crippen molar-refractivity contribution in [3.8, 4) is 5.75 Å². The van der Waals surface area contributed by atoms with Crippen molar-refractivity contribution < 1.29 is 9.47 Å². The van der Waals surface area contributed by atoms with E-state index in [-0.39, 0.29) is 0 Å².